The minimum absolute atomic E-state index is 0.312. The van der Waals surface area contributed by atoms with Crippen LogP contribution < -0.4 is 11.1 Å². The predicted octanol–water partition coefficient (Wildman–Crippen LogP) is 0.427. The predicted molar refractivity (Wildman–Crippen MR) is 72.9 cm³/mol. The normalized spacial score (nSPS) is 16.6. The summed E-state index contributed by atoms with van der Waals surface area (Å²) in [5.74, 6) is 0.259. The van der Waals surface area contributed by atoms with Crippen molar-refractivity contribution in [3.8, 4) is 0 Å². The lowest BCUT2D eigenvalue weighted by Crippen LogP contribution is -2.44. The van der Waals surface area contributed by atoms with Gasteiger partial charge in [-0.1, -0.05) is 17.8 Å². The number of carbonyl (C=O) groups is 1. The quantitative estimate of drug-likeness (QED) is 0.748. The van der Waals surface area contributed by atoms with E-state index in [2.05, 4.69) is 15.5 Å². The highest BCUT2D eigenvalue weighted by molar-refractivity contribution is 7.99. The first-order chi connectivity index (χ1) is 9.24. The van der Waals surface area contributed by atoms with Crippen LogP contribution in [0.4, 0.5) is 0 Å². The first-order valence-electron chi connectivity index (χ1n) is 6.22. The molecule has 0 saturated heterocycles. The van der Waals surface area contributed by atoms with E-state index in [0.29, 0.717) is 11.8 Å². The molecule has 1 aliphatic carbocycles. The summed E-state index contributed by atoms with van der Waals surface area (Å²) in [4.78, 5) is 11.4. The molecule has 2 aromatic heterocycles. The molecule has 100 valence electrons. The fourth-order valence-corrected chi connectivity index (χ4v) is 2.79. The highest BCUT2D eigenvalue weighted by Crippen LogP contribution is 2.22. The summed E-state index contributed by atoms with van der Waals surface area (Å²) in [6, 6.07) is 5.88. The maximum atomic E-state index is 11.4. The van der Waals surface area contributed by atoms with Gasteiger partial charge in [0.2, 0.25) is 5.91 Å². The lowest BCUT2D eigenvalue weighted by Gasteiger charge is -2.13. The van der Waals surface area contributed by atoms with Gasteiger partial charge in [0.05, 0.1) is 6.04 Å². The van der Waals surface area contributed by atoms with E-state index in [4.69, 9.17) is 5.73 Å². The number of nitrogens with one attached hydrogen (secondary N) is 1. The lowest BCUT2D eigenvalue weighted by atomic mass is 10.3. The van der Waals surface area contributed by atoms with E-state index in [0.717, 1.165) is 23.6 Å². The van der Waals surface area contributed by atoms with Crippen molar-refractivity contribution in [2.24, 2.45) is 5.73 Å². The molecule has 2 aromatic rings. The number of hydrogen-bond donors (Lipinski definition) is 2. The summed E-state index contributed by atoms with van der Waals surface area (Å²) in [7, 11) is 0. The second-order valence-corrected chi connectivity index (χ2v) is 5.61. The van der Waals surface area contributed by atoms with Crippen LogP contribution in [-0.4, -0.2) is 38.3 Å². The smallest absolute Gasteiger partial charge is 0.235 e. The van der Waals surface area contributed by atoms with E-state index in [-0.39, 0.29) is 11.9 Å². The van der Waals surface area contributed by atoms with Gasteiger partial charge in [0, 0.05) is 18.0 Å². The van der Waals surface area contributed by atoms with Crippen LogP contribution in [0.25, 0.3) is 5.65 Å². The molecule has 0 spiro atoms. The number of primary amides is 1. The summed E-state index contributed by atoms with van der Waals surface area (Å²) in [6.45, 7) is 0. The molecule has 1 aliphatic rings. The van der Waals surface area contributed by atoms with Crippen LogP contribution >= 0.6 is 11.8 Å². The molecule has 1 saturated carbocycles. The van der Waals surface area contributed by atoms with Gasteiger partial charge in [-0.25, -0.2) is 0 Å². The van der Waals surface area contributed by atoms with E-state index in [1.165, 1.54) is 11.8 Å². The first kappa shape index (κ1) is 12.4. The second-order valence-electron chi connectivity index (χ2n) is 4.62. The van der Waals surface area contributed by atoms with Gasteiger partial charge in [0.25, 0.3) is 0 Å². The minimum Gasteiger partial charge on any atom is -0.368 e. The highest BCUT2D eigenvalue weighted by atomic mass is 32.2. The molecular formula is C12H15N5OS. The summed E-state index contributed by atoms with van der Waals surface area (Å²) in [6.07, 6.45) is 4.16. The zero-order valence-corrected chi connectivity index (χ0v) is 11.1. The Morgan fingerprint density at radius 2 is 2.37 bits per heavy atom. The minimum atomic E-state index is -0.312. The van der Waals surface area contributed by atoms with Crippen molar-refractivity contribution in [1.29, 1.82) is 0 Å². The third-order valence-corrected chi connectivity index (χ3v) is 4.06. The Labute approximate surface area is 114 Å². The van der Waals surface area contributed by atoms with Crippen LogP contribution in [-0.2, 0) is 4.79 Å². The molecule has 0 aliphatic heterocycles. The van der Waals surface area contributed by atoms with E-state index in [1.807, 2.05) is 28.8 Å². The number of nitrogens with zero attached hydrogens (tertiary/aromatic N) is 3. The molecule has 19 heavy (non-hydrogen) atoms. The van der Waals surface area contributed by atoms with Crippen LogP contribution in [0.3, 0.4) is 0 Å². The standard InChI is InChI=1S/C12H15N5OS/c13-11(18)9(14-8-4-5-8)7-19-12-16-15-10-3-1-2-6-17(10)12/h1-3,6,8-9,14H,4-5,7H2,(H2,13,18). The summed E-state index contributed by atoms with van der Waals surface area (Å²) >= 11 is 1.49. The van der Waals surface area contributed by atoms with Crippen LogP contribution in [0.2, 0.25) is 0 Å². The summed E-state index contributed by atoms with van der Waals surface area (Å²) in [5.41, 5.74) is 6.21. The van der Waals surface area contributed by atoms with Crippen molar-refractivity contribution in [3.63, 3.8) is 0 Å². The Balaban J connectivity index is 1.68. The van der Waals surface area contributed by atoms with Crippen molar-refractivity contribution >= 4 is 23.3 Å². The number of pyridine rings is 1. The molecule has 2 heterocycles. The Kier molecular flexibility index (Phi) is 3.39. The van der Waals surface area contributed by atoms with Gasteiger partial charge in [0.1, 0.15) is 0 Å². The van der Waals surface area contributed by atoms with Crippen LogP contribution in [0.15, 0.2) is 29.6 Å². The van der Waals surface area contributed by atoms with Crippen LogP contribution in [0, 0.1) is 0 Å². The van der Waals surface area contributed by atoms with E-state index in [9.17, 15) is 4.79 Å². The van der Waals surface area contributed by atoms with E-state index in [1.54, 1.807) is 0 Å². The fourth-order valence-electron chi connectivity index (χ4n) is 1.82. The van der Waals surface area contributed by atoms with Crippen molar-refractivity contribution in [2.75, 3.05) is 5.75 Å². The average molecular weight is 277 g/mol. The Morgan fingerprint density at radius 1 is 1.53 bits per heavy atom. The molecular weight excluding hydrogens is 262 g/mol. The topological polar surface area (TPSA) is 85.3 Å². The number of rotatable bonds is 6. The van der Waals surface area contributed by atoms with Gasteiger partial charge in [0.15, 0.2) is 10.8 Å². The summed E-state index contributed by atoms with van der Waals surface area (Å²) < 4.78 is 1.90. The highest BCUT2D eigenvalue weighted by Gasteiger charge is 2.27. The van der Waals surface area contributed by atoms with E-state index < -0.39 is 0 Å². The van der Waals surface area contributed by atoms with Gasteiger partial charge in [-0.3, -0.25) is 9.20 Å². The maximum absolute atomic E-state index is 11.4. The van der Waals surface area contributed by atoms with Gasteiger partial charge in [-0.15, -0.1) is 10.2 Å². The maximum Gasteiger partial charge on any atom is 0.235 e. The van der Waals surface area contributed by atoms with Crippen molar-refractivity contribution in [1.82, 2.24) is 19.9 Å². The molecule has 1 unspecified atom stereocenters. The molecule has 6 nitrogen and oxygen atoms in total. The molecule has 1 amide bonds. The molecule has 0 aromatic carbocycles. The SMILES string of the molecule is NC(=O)C(CSc1nnc2ccccn12)NC1CC1. The van der Waals surface area contributed by atoms with Crippen LogP contribution in [0.1, 0.15) is 12.8 Å². The zero-order chi connectivity index (χ0) is 13.2. The molecule has 7 heteroatoms. The monoisotopic (exact) mass is 277 g/mol. The molecule has 3 rings (SSSR count). The largest absolute Gasteiger partial charge is 0.368 e. The average Bonchev–Trinajstić information content (AvgIpc) is 3.13. The summed E-state index contributed by atoms with van der Waals surface area (Å²) in [5, 5.41) is 12.2. The molecule has 3 N–H and O–H groups in total. The molecule has 1 fully saturated rings. The third kappa shape index (κ3) is 2.87. The number of nitrogens with two attached hydrogens (primary N) is 1. The number of fused-ring (bicyclic) bond motifs is 1. The molecule has 0 bridgehead atoms. The van der Waals surface area contributed by atoms with Crippen molar-refractivity contribution < 1.29 is 4.79 Å². The van der Waals surface area contributed by atoms with E-state index >= 15 is 0 Å². The lowest BCUT2D eigenvalue weighted by molar-refractivity contribution is -0.119. The second kappa shape index (κ2) is 5.18. The number of hydrogen-bond acceptors (Lipinski definition) is 5. The third-order valence-electron chi connectivity index (χ3n) is 3.02. The van der Waals surface area contributed by atoms with Gasteiger partial charge < -0.3 is 11.1 Å². The van der Waals surface area contributed by atoms with Gasteiger partial charge in [-0.2, -0.15) is 0 Å². The van der Waals surface area contributed by atoms with Crippen molar-refractivity contribution in [2.45, 2.75) is 30.1 Å². The first-order valence-corrected chi connectivity index (χ1v) is 7.20. The Hall–Kier alpha value is -1.60. The van der Waals surface area contributed by atoms with Gasteiger partial charge in [-0.05, 0) is 25.0 Å². The van der Waals surface area contributed by atoms with Crippen molar-refractivity contribution in [3.05, 3.63) is 24.4 Å². The number of amides is 1. The number of thioether (sulfide) groups is 1. The Bertz CT molecular complexity index is 595. The number of aromatic nitrogens is 3. The van der Waals surface area contributed by atoms with Gasteiger partial charge >= 0.3 is 0 Å². The fraction of sp³-hybridized carbons (Fsp3) is 0.417. The zero-order valence-electron chi connectivity index (χ0n) is 10.3. The Morgan fingerprint density at radius 3 is 3.11 bits per heavy atom. The van der Waals surface area contributed by atoms with Crippen LogP contribution in [0.5, 0.6) is 0 Å². The molecule has 1 atom stereocenters. The molecule has 0 radical (unpaired) electrons. The number of carbonyl (C=O) groups excluding carboxylic acids is 1.